The Morgan fingerprint density at radius 3 is 0.667 bits per heavy atom. The summed E-state index contributed by atoms with van der Waals surface area (Å²) in [6.45, 7) is 11.0. The number of quaternary nitrogens is 1. The molecular formula is C55H102ClN. The van der Waals surface area contributed by atoms with Crippen LogP contribution in [0.25, 0.3) is 0 Å². The zero-order valence-electron chi connectivity index (χ0n) is 39.3. The Bertz CT molecular complexity index is 806. The average Bonchev–Trinajstić information content (AvgIpc) is 3.20. The maximum atomic E-state index is 2.60. The molecular weight excluding hydrogens is 710 g/mol. The van der Waals surface area contributed by atoms with Crippen molar-refractivity contribution in [2.24, 2.45) is 0 Å². The smallest absolute Gasteiger partial charge is 0.0784 e. The summed E-state index contributed by atoms with van der Waals surface area (Å²) in [6.07, 6.45) is 77.0. The highest BCUT2D eigenvalue weighted by atomic mass is 35.5. The number of rotatable bonds is 45. The SMILES string of the molecule is CCCCCC=CCC=CCCCCCCCC[N+](C)(CCCCCCCC/C=C\C/C=C\CCCCC)CCCCCCCC/C=C\C/C=C\CCCCC.[Cl-]. The molecule has 2 heteroatoms. The highest BCUT2D eigenvalue weighted by Crippen LogP contribution is 2.17. The van der Waals surface area contributed by atoms with Crippen molar-refractivity contribution in [3.63, 3.8) is 0 Å². The fourth-order valence-electron chi connectivity index (χ4n) is 7.78. The summed E-state index contributed by atoms with van der Waals surface area (Å²) in [5, 5.41) is 0. The topological polar surface area (TPSA) is 0 Å². The molecule has 0 N–H and O–H groups in total. The van der Waals surface area contributed by atoms with Gasteiger partial charge in [-0.25, -0.2) is 0 Å². The van der Waals surface area contributed by atoms with Crippen molar-refractivity contribution < 1.29 is 16.9 Å². The minimum atomic E-state index is 0. The van der Waals surface area contributed by atoms with Crippen LogP contribution in [0.1, 0.15) is 252 Å². The summed E-state index contributed by atoms with van der Waals surface area (Å²) >= 11 is 0. The molecule has 0 aliphatic carbocycles. The highest BCUT2D eigenvalue weighted by molar-refractivity contribution is 4.94. The van der Waals surface area contributed by atoms with Crippen LogP contribution in [0.4, 0.5) is 0 Å². The maximum absolute atomic E-state index is 2.60. The minimum absolute atomic E-state index is 0. The van der Waals surface area contributed by atoms with Crippen molar-refractivity contribution in [1.29, 1.82) is 0 Å². The van der Waals surface area contributed by atoms with Crippen LogP contribution in [0.15, 0.2) is 72.9 Å². The second kappa shape index (κ2) is 50.8. The van der Waals surface area contributed by atoms with Gasteiger partial charge in [0, 0.05) is 0 Å². The summed E-state index contributed by atoms with van der Waals surface area (Å²) in [7, 11) is 2.60. The van der Waals surface area contributed by atoms with E-state index in [1.54, 1.807) is 0 Å². The molecule has 334 valence electrons. The normalized spacial score (nSPS) is 12.6. The van der Waals surface area contributed by atoms with Gasteiger partial charge in [0.25, 0.3) is 0 Å². The summed E-state index contributed by atoms with van der Waals surface area (Å²) in [5.74, 6) is 0. The monoisotopic (exact) mass is 812 g/mol. The Kier molecular flexibility index (Phi) is 51.5. The molecule has 0 rings (SSSR count). The van der Waals surface area contributed by atoms with Crippen molar-refractivity contribution in [2.75, 3.05) is 26.7 Å². The van der Waals surface area contributed by atoms with Gasteiger partial charge in [0.2, 0.25) is 0 Å². The molecule has 0 bridgehead atoms. The quantitative estimate of drug-likeness (QED) is 0.0326. The van der Waals surface area contributed by atoms with Crippen LogP contribution >= 0.6 is 0 Å². The van der Waals surface area contributed by atoms with Crippen LogP contribution in [-0.4, -0.2) is 31.2 Å². The summed E-state index contributed by atoms with van der Waals surface area (Å²) in [5.41, 5.74) is 0. The van der Waals surface area contributed by atoms with Gasteiger partial charge in [-0.2, -0.15) is 0 Å². The molecule has 0 aromatic carbocycles. The van der Waals surface area contributed by atoms with Crippen LogP contribution < -0.4 is 12.4 Å². The molecule has 0 spiro atoms. The van der Waals surface area contributed by atoms with E-state index in [0.29, 0.717) is 0 Å². The second-order valence-corrected chi connectivity index (χ2v) is 17.5. The zero-order valence-corrected chi connectivity index (χ0v) is 40.1. The van der Waals surface area contributed by atoms with E-state index >= 15 is 0 Å². The Balaban J connectivity index is 0. The molecule has 0 atom stereocenters. The number of halogens is 1. The number of nitrogens with zero attached hydrogens (tertiary/aromatic N) is 1. The van der Waals surface area contributed by atoms with Gasteiger partial charge >= 0.3 is 0 Å². The second-order valence-electron chi connectivity index (χ2n) is 17.5. The fraction of sp³-hybridized carbons (Fsp3) is 0.782. The third-order valence-corrected chi connectivity index (χ3v) is 11.7. The van der Waals surface area contributed by atoms with E-state index in [-0.39, 0.29) is 12.4 Å². The highest BCUT2D eigenvalue weighted by Gasteiger charge is 2.20. The van der Waals surface area contributed by atoms with E-state index < -0.39 is 0 Å². The van der Waals surface area contributed by atoms with Gasteiger partial charge in [-0.05, 0) is 135 Å². The van der Waals surface area contributed by atoms with Gasteiger partial charge in [-0.3, -0.25) is 0 Å². The first-order valence-electron chi connectivity index (χ1n) is 25.4. The van der Waals surface area contributed by atoms with Gasteiger partial charge < -0.3 is 16.9 Å². The molecule has 0 unspecified atom stereocenters. The predicted molar refractivity (Wildman–Crippen MR) is 259 cm³/mol. The van der Waals surface area contributed by atoms with Crippen LogP contribution in [0, 0.1) is 0 Å². The van der Waals surface area contributed by atoms with E-state index in [4.69, 9.17) is 0 Å². The zero-order chi connectivity index (χ0) is 40.6. The van der Waals surface area contributed by atoms with Crippen LogP contribution in [0.2, 0.25) is 0 Å². The summed E-state index contributed by atoms with van der Waals surface area (Å²) in [6, 6.07) is 0. The molecule has 0 aliphatic rings. The third-order valence-electron chi connectivity index (χ3n) is 11.7. The summed E-state index contributed by atoms with van der Waals surface area (Å²) < 4.78 is 1.33. The fourth-order valence-corrected chi connectivity index (χ4v) is 7.78. The standard InChI is InChI=1S/C55H102N.ClH/c1-5-8-11-14-17-20-23-26-29-32-35-38-41-44-47-50-53-56(4,54-51-48-45-42-39-36-33-30-27-24-21-18-15-12-9-6-2)55-52-49-46-43-40-37-34-31-28-25-22-19-16-13-10-7-3;/h17-22,26-31H,5-16,23-25,32-55H2,1-4H3;1H/q+1;/p-1/b20-17-,21-18-,22-19?,29-26-,30-27-,31-28?;. The number of unbranched alkanes of at least 4 members (excludes halogenated alkanes) is 27. The van der Waals surface area contributed by atoms with E-state index in [0.717, 1.165) is 19.3 Å². The lowest BCUT2D eigenvalue weighted by Gasteiger charge is -2.35. The molecule has 0 heterocycles. The molecule has 0 saturated carbocycles. The third kappa shape index (κ3) is 49.0. The van der Waals surface area contributed by atoms with Crippen LogP contribution in [0.3, 0.4) is 0 Å². The van der Waals surface area contributed by atoms with Crippen molar-refractivity contribution in [2.45, 2.75) is 252 Å². The van der Waals surface area contributed by atoms with E-state index in [2.05, 4.69) is 101 Å². The summed E-state index contributed by atoms with van der Waals surface area (Å²) in [4.78, 5) is 0. The van der Waals surface area contributed by atoms with Crippen molar-refractivity contribution in [1.82, 2.24) is 0 Å². The van der Waals surface area contributed by atoms with Crippen LogP contribution in [0.5, 0.6) is 0 Å². The predicted octanol–water partition coefficient (Wildman–Crippen LogP) is 15.9. The van der Waals surface area contributed by atoms with Crippen molar-refractivity contribution in [3.05, 3.63) is 72.9 Å². The van der Waals surface area contributed by atoms with Gasteiger partial charge in [-0.15, -0.1) is 0 Å². The van der Waals surface area contributed by atoms with Gasteiger partial charge in [-0.1, -0.05) is 190 Å². The lowest BCUT2D eigenvalue weighted by molar-refractivity contribution is -0.910. The molecule has 1 nitrogen and oxygen atoms in total. The first kappa shape index (κ1) is 57.8. The van der Waals surface area contributed by atoms with Gasteiger partial charge in [0.1, 0.15) is 0 Å². The molecule has 0 radical (unpaired) electrons. The average molecular weight is 813 g/mol. The Morgan fingerprint density at radius 2 is 0.439 bits per heavy atom. The molecule has 0 amide bonds. The molecule has 0 fully saturated rings. The largest absolute Gasteiger partial charge is 1.00 e. The molecule has 0 saturated heterocycles. The van der Waals surface area contributed by atoms with Gasteiger partial charge in [0.15, 0.2) is 0 Å². The van der Waals surface area contributed by atoms with E-state index in [9.17, 15) is 0 Å². The number of hydrogen-bond donors (Lipinski definition) is 0. The first-order chi connectivity index (χ1) is 27.7. The van der Waals surface area contributed by atoms with E-state index in [1.807, 2.05) is 0 Å². The van der Waals surface area contributed by atoms with E-state index in [1.165, 1.54) is 236 Å². The number of allylic oxidation sites excluding steroid dienone is 12. The Hall–Kier alpha value is -1.31. The maximum Gasteiger partial charge on any atom is 0.0784 e. The molecule has 57 heavy (non-hydrogen) atoms. The lowest BCUT2D eigenvalue weighted by Crippen LogP contribution is -3.00. The first-order valence-corrected chi connectivity index (χ1v) is 25.4. The van der Waals surface area contributed by atoms with Gasteiger partial charge in [0.05, 0.1) is 26.7 Å². The molecule has 0 aromatic heterocycles. The Morgan fingerprint density at radius 1 is 0.246 bits per heavy atom. The molecule has 0 aliphatic heterocycles. The van der Waals surface area contributed by atoms with Crippen molar-refractivity contribution in [3.8, 4) is 0 Å². The van der Waals surface area contributed by atoms with Crippen LogP contribution in [-0.2, 0) is 0 Å². The lowest BCUT2D eigenvalue weighted by atomic mass is 10.1. The van der Waals surface area contributed by atoms with Crippen molar-refractivity contribution >= 4 is 0 Å². The minimum Gasteiger partial charge on any atom is -1.00 e. The Labute approximate surface area is 366 Å². The number of hydrogen-bond acceptors (Lipinski definition) is 0. The molecule has 0 aromatic rings.